The van der Waals surface area contributed by atoms with E-state index < -0.39 is 12.2 Å². The fraction of sp³-hybridized carbons (Fsp3) is 0.714. The van der Waals surface area contributed by atoms with Crippen molar-refractivity contribution in [1.29, 1.82) is 0 Å². The first kappa shape index (κ1) is 8.66. The number of rotatable bonds is 2. The molecule has 0 aromatic rings. The van der Waals surface area contributed by atoms with Crippen LogP contribution in [0, 0.1) is 0 Å². The van der Waals surface area contributed by atoms with Crippen LogP contribution < -0.4 is 0 Å². The predicted molar refractivity (Wildman–Crippen MR) is 37.1 cm³/mol. The standard InChI is InChI=1S/C7H14O2/c1-5(2)4-7(9)6(3)8/h4,6-9H,1-3H3. The summed E-state index contributed by atoms with van der Waals surface area (Å²) in [5.41, 5.74) is 1.02. The molecule has 2 heteroatoms. The topological polar surface area (TPSA) is 40.5 Å². The molecule has 0 bridgehead atoms. The highest BCUT2D eigenvalue weighted by atomic mass is 16.3. The highest BCUT2D eigenvalue weighted by molar-refractivity contribution is 4.99. The number of hydrogen-bond donors (Lipinski definition) is 2. The van der Waals surface area contributed by atoms with Crippen LogP contribution in [0.15, 0.2) is 11.6 Å². The smallest absolute Gasteiger partial charge is 0.0979 e. The van der Waals surface area contributed by atoms with Crippen LogP contribution in [0.1, 0.15) is 20.8 Å². The maximum absolute atomic E-state index is 8.97. The molecule has 0 amide bonds. The second-order valence-corrected chi connectivity index (χ2v) is 2.48. The normalized spacial score (nSPS) is 16.6. The second-order valence-electron chi connectivity index (χ2n) is 2.48. The molecular weight excluding hydrogens is 116 g/mol. The minimum absolute atomic E-state index is 0.667. The third-order valence-corrected chi connectivity index (χ3v) is 0.998. The van der Waals surface area contributed by atoms with Crippen molar-refractivity contribution in [3.05, 3.63) is 11.6 Å². The van der Waals surface area contributed by atoms with Crippen LogP contribution in [0.5, 0.6) is 0 Å². The Hall–Kier alpha value is -0.340. The molecule has 2 unspecified atom stereocenters. The lowest BCUT2D eigenvalue weighted by molar-refractivity contribution is 0.0614. The average molecular weight is 130 g/mol. The highest BCUT2D eigenvalue weighted by Crippen LogP contribution is 1.98. The van der Waals surface area contributed by atoms with Crippen molar-refractivity contribution in [1.82, 2.24) is 0 Å². The van der Waals surface area contributed by atoms with Gasteiger partial charge in [0, 0.05) is 0 Å². The van der Waals surface area contributed by atoms with Gasteiger partial charge < -0.3 is 10.2 Å². The Morgan fingerprint density at radius 3 is 1.89 bits per heavy atom. The van der Waals surface area contributed by atoms with Crippen molar-refractivity contribution >= 4 is 0 Å². The van der Waals surface area contributed by atoms with E-state index in [-0.39, 0.29) is 0 Å². The quantitative estimate of drug-likeness (QED) is 0.540. The number of hydrogen-bond acceptors (Lipinski definition) is 2. The summed E-state index contributed by atoms with van der Waals surface area (Å²) >= 11 is 0. The van der Waals surface area contributed by atoms with Crippen molar-refractivity contribution in [3.63, 3.8) is 0 Å². The van der Waals surface area contributed by atoms with Crippen LogP contribution >= 0.6 is 0 Å². The van der Waals surface area contributed by atoms with Gasteiger partial charge in [0.25, 0.3) is 0 Å². The van der Waals surface area contributed by atoms with E-state index in [0.29, 0.717) is 0 Å². The summed E-state index contributed by atoms with van der Waals surface area (Å²) in [7, 11) is 0. The summed E-state index contributed by atoms with van der Waals surface area (Å²) in [6.07, 6.45) is 0.250. The monoisotopic (exact) mass is 130 g/mol. The van der Waals surface area contributed by atoms with E-state index in [9.17, 15) is 0 Å². The molecule has 0 aliphatic carbocycles. The Morgan fingerprint density at radius 2 is 1.78 bits per heavy atom. The van der Waals surface area contributed by atoms with Gasteiger partial charge in [-0.05, 0) is 20.8 Å². The van der Waals surface area contributed by atoms with Crippen LogP contribution in [0.4, 0.5) is 0 Å². The van der Waals surface area contributed by atoms with E-state index in [1.54, 1.807) is 13.0 Å². The molecule has 0 aliphatic rings. The van der Waals surface area contributed by atoms with Crippen molar-refractivity contribution < 1.29 is 10.2 Å². The minimum atomic E-state index is -0.713. The third kappa shape index (κ3) is 4.18. The van der Waals surface area contributed by atoms with Gasteiger partial charge in [-0.25, -0.2) is 0 Å². The lowest BCUT2D eigenvalue weighted by Crippen LogP contribution is -2.19. The zero-order valence-corrected chi connectivity index (χ0v) is 6.13. The fourth-order valence-electron chi connectivity index (χ4n) is 0.481. The van der Waals surface area contributed by atoms with Crippen molar-refractivity contribution in [2.24, 2.45) is 0 Å². The van der Waals surface area contributed by atoms with Gasteiger partial charge in [-0.15, -0.1) is 0 Å². The summed E-state index contributed by atoms with van der Waals surface area (Å²) in [5.74, 6) is 0. The molecule has 0 saturated carbocycles. The van der Waals surface area contributed by atoms with Gasteiger partial charge in [-0.1, -0.05) is 11.6 Å². The molecule has 2 N–H and O–H groups in total. The first-order chi connectivity index (χ1) is 4.04. The van der Waals surface area contributed by atoms with Crippen molar-refractivity contribution in [2.45, 2.75) is 33.0 Å². The summed E-state index contributed by atoms with van der Waals surface area (Å²) in [6, 6.07) is 0. The molecule has 0 fully saturated rings. The van der Waals surface area contributed by atoms with E-state index >= 15 is 0 Å². The molecule has 0 aromatic heterocycles. The van der Waals surface area contributed by atoms with Crippen molar-refractivity contribution in [3.8, 4) is 0 Å². The molecule has 0 aliphatic heterocycles. The van der Waals surface area contributed by atoms with Crippen LogP contribution in [-0.4, -0.2) is 22.4 Å². The Bertz CT molecular complexity index is 101. The maximum atomic E-state index is 8.97. The SMILES string of the molecule is CC(C)=CC(O)C(C)O. The Morgan fingerprint density at radius 1 is 1.33 bits per heavy atom. The summed E-state index contributed by atoms with van der Waals surface area (Å²) in [5, 5.41) is 17.7. The van der Waals surface area contributed by atoms with Gasteiger partial charge in [-0.2, -0.15) is 0 Å². The number of aliphatic hydroxyl groups is 2. The summed E-state index contributed by atoms with van der Waals surface area (Å²) in [6.45, 7) is 5.32. The molecular formula is C7H14O2. The van der Waals surface area contributed by atoms with E-state index in [2.05, 4.69) is 0 Å². The van der Waals surface area contributed by atoms with Crippen molar-refractivity contribution in [2.75, 3.05) is 0 Å². The van der Waals surface area contributed by atoms with Crippen LogP contribution in [-0.2, 0) is 0 Å². The van der Waals surface area contributed by atoms with Gasteiger partial charge in [-0.3, -0.25) is 0 Å². The molecule has 0 aromatic carbocycles. The molecule has 0 heterocycles. The van der Waals surface area contributed by atoms with Crippen LogP contribution in [0.3, 0.4) is 0 Å². The van der Waals surface area contributed by atoms with Gasteiger partial charge >= 0.3 is 0 Å². The Labute approximate surface area is 55.8 Å². The van der Waals surface area contributed by atoms with Gasteiger partial charge in [0.2, 0.25) is 0 Å². The summed E-state index contributed by atoms with van der Waals surface area (Å²) < 4.78 is 0. The molecule has 2 atom stereocenters. The largest absolute Gasteiger partial charge is 0.390 e. The summed E-state index contributed by atoms with van der Waals surface area (Å²) in [4.78, 5) is 0. The predicted octanol–water partition coefficient (Wildman–Crippen LogP) is 0.694. The molecule has 2 nitrogen and oxygen atoms in total. The molecule has 0 rings (SSSR count). The fourth-order valence-corrected chi connectivity index (χ4v) is 0.481. The second kappa shape index (κ2) is 3.64. The highest BCUT2D eigenvalue weighted by Gasteiger charge is 2.05. The first-order valence-corrected chi connectivity index (χ1v) is 3.05. The van der Waals surface area contributed by atoms with Crippen LogP contribution in [0.25, 0.3) is 0 Å². The third-order valence-electron chi connectivity index (χ3n) is 0.998. The lowest BCUT2D eigenvalue weighted by Gasteiger charge is -2.08. The maximum Gasteiger partial charge on any atom is 0.0979 e. The van der Waals surface area contributed by atoms with E-state index in [4.69, 9.17) is 10.2 Å². The molecule has 54 valence electrons. The van der Waals surface area contributed by atoms with Gasteiger partial charge in [0.05, 0.1) is 12.2 Å². The zero-order chi connectivity index (χ0) is 7.44. The zero-order valence-electron chi connectivity index (χ0n) is 6.13. The first-order valence-electron chi connectivity index (χ1n) is 3.05. The molecule has 9 heavy (non-hydrogen) atoms. The number of aliphatic hydroxyl groups excluding tert-OH is 2. The number of allylic oxidation sites excluding steroid dienone is 1. The van der Waals surface area contributed by atoms with Gasteiger partial charge in [0.15, 0.2) is 0 Å². The van der Waals surface area contributed by atoms with E-state index in [1.807, 2.05) is 13.8 Å². The molecule has 0 saturated heterocycles. The van der Waals surface area contributed by atoms with E-state index in [0.717, 1.165) is 5.57 Å². The Balaban J connectivity index is 3.76. The Kier molecular flexibility index (Phi) is 3.50. The minimum Gasteiger partial charge on any atom is -0.390 e. The molecule has 0 spiro atoms. The van der Waals surface area contributed by atoms with Crippen LogP contribution in [0.2, 0.25) is 0 Å². The van der Waals surface area contributed by atoms with E-state index in [1.165, 1.54) is 0 Å². The average Bonchev–Trinajstić information content (AvgIpc) is 1.63. The molecule has 0 radical (unpaired) electrons. The lowest BCUT2D eigenvalue weighted by atomic mass is 10.2. The van der Waals surface area contributed by atoms with Gasteiger partial charge in [0.1, 0.15) is 0 Å².